The molecule has 1 N–H and O–H groups in total. The predicted molar refractivity (Wildman–Crippen MR) is 49.2 cm³/mol. The molecule has 0 amide bonds. The number of aliphatic hydroxyl groups is 1. The second kappa shape index (κ2) is 3.49. The molecule has 0 aromatic carbocycles. The van der Waals surface area contributed by atoms with Crippen LogP contribution in [0.5, 0.6) is 0 Å². The van der Waals surface area contributed by atoms with E-state index in [1.54, 1.807) is 0 Å². The summed E-state index contributed by atoms with van der Waals surface area (Å²) in [7, 11) is 10.4. The summed E-state index contributed by atoms with van der Waals surface area (Å²) in [5.41, 5.74) is 0.292. The number of rotatable bonds is 2. The molecule has 1 heterocycles. The summed E-state index contributed by atoms with van der Waals surface area (Å²) >= 11 is 1.40. The second-order valence-corrected chi connectivity index (χ2v) is 3.06. The van der Waals surface area contributed by atoms with Crippen molar-refractivity contribution < 1.29 is 5.11 Å². The molecule has 12 heavy (non-hydrogen) atoms. The van der Waals surface area contributed by atoms with Crippen molar-refractivity contribution in [3.05, 3.63) is 18.0 Å². The molecule has 0 atom stereocenters. The Bertz CT molecular complexity index is 259. The first kappa shape index (κ1) is 9.61. The van der Waals surface area contributed by atoms with E-state index in [-0.39, 0.29) is 0 Å². The van der Waals surface area contributed by atoms with Crippen molar-refractivity contribution in [1.82, 2.24) is 9.97 Å². The summed E-state index contributed by atoms with van der Waals surface area (Å²) in [5, 5.41) is 7.88. The third kappa shape index (κ3) is 2.25. The van der Waals surface area contributed by atoms with Gasteiger partial charge in [0.25, 0.3) is 0 Å². The van der Waals surface area contributed by atoms with Crippen LogP contribution in [0.4, 0.5) is 0 Å². The molecule has 0 fully saturated rings. The van der Waals surface area contributed by atoms with Crippen LogP contribution in [0.3, 0.4) is 0 Å². The highest BCUT2D eigenvalue weighted by molar-refractivity contribution is 7.98. The van der Waals surface area contributed by atoms with Crippen molar-refractivity contribution >= 4 is 27.5 Å². The van der Waals surface area contributed by atoms with Gasteiger partial charge in [-0.3, -0.25) is 0 Å². The van der Waals surface area contributed by atoms with Crippen molar-refractivity contribution in [3.63, 3.8) is 0 Å². The number of hydrogen-bond acceptors (Lipinski definition) is 4. The van der Waals surface area contributed by atoms with Crippen LogP contribution in [-0.4, -0.2) is 37.0 Å². The molecule has 1 aromatic heterocycles. The van der Waals surface area contributed by atoms with Crippen LogP contribution in [-0.2, 0) is 5.40 Å². The Labute approximate surface area is 77.8 Å². The van der Waals surface area contributed by atoms with Crippen LogP contribution in [0, 0.1) is 0 Å². The van der Waals surface area contributed by atoms with Gasteiger partial charge >= 0.3 is 0 Å². The van der Waals surface area contributed by atoms with Crippen LogP contribution < -0.4 is 0 Å². The molecule has 4 radical (unpaired) electrons. The molecular formula is C6H6B2N2OS. The van der Waals surface area contributed by atoms with E-state index in [0.717, 1.165) is 0 Å². The van der Waals surface area contributed by atoms with Crippen molar-refractivity contribution in [1.29, 1.82) is 0 Å². The van der Waals surface area contributed by atoms with E-state index >= 15 is 0 Å². The zero-order valence-electron chi connectivity index (χ0n) is 6.56. The summed E-state index contributed by atoms with van der Waals surface area (Å²) in [6.45, 7) is 0. The largest absolute Gasteiger partial charge is 0.405 e. The minimum Gasteiger partial charge on any atom is -0.405 e. The van der Waals surface area contributed by atoms with Crippen molar-refractivity contribution in [2.75, 3.05) is 6.26 Å². The summed E-state index contributed by atoms with van der Waals surface area (Å²) in [5.74, 6) is 0. The van der Waals surface area contributed by atoms with E-state index in [4.69, 9.17) is 20.8 Å². The smallest absolute Gasteiger partial charge is 0.187 e. The quantitative estimate of drug-likeness (QED) is 0.379. The van der Waals surface area contributed by atoms with E-state index < -0.39 is 5.40 Å². The maximum Gasteiger partial charge on any atom is 0.187 e. The van der Waals surface area contributed by atoms with Gasteiger partial charge in [-0.2, -0.15) is 0 Å². The molecule has 1 aromatic rings. The molecule has 0 saturated carbocycles. The van der Waals surface area contributed by atoms with Gasteiger partial charge in [-0.15, -0.1) is 0 Å². The standard InChI is InChI=1S/C6H6B2N2OS/c1-12-5-9-2-4(3-10-5)6(7,8)11/h2-3,11H,1H3. The molecule has 0 spiro atoms. The normalized spacial score (nSPS) is 11.5. The second-order valence-electron chi connectivity index (χ2n) is 2.28. The van der Waals surface area contributed by atoms with Gasteiger partial charge in [0.05, 0.1) is 0 Å². The molecule has 3 nitrogen and oxygen atoms in total. The summed E-state index contributed by atoms with van der Waals surface area (Å²) < 4.78 is 0. The van der Waals surface area contributed by atoms with Crippen LogP contribution in [0.1, 0.15) is 5.56 Å². The first-order valence-corrected chi connectivity index (χ1v) is 4.43. The molecule has 58 valence electrons. The maximum absolute atomic E-state index is 9.12. The van der Waals surface area contributed by atoms with Gasteiger partial charge in [0, 0.05) is 23.4 Å². The maximum atomic E-state index is 9.12. The summed E-state index contributed by atoms with van der Waals surface area (Å²) in [4.78, 5) is 7.79. The lowest BCUT2D eigenvalue weighted by Crippen LogP contribution is -2.26. The van der Waals surface area contributed by atoms with E-state index in [0.29, 0.717) is 10.7 Å². The van der Waals surface area contributed by atoms with Gasteiger partial charge in [-0.25, -0.2) is 9.97 Å². The van der Waals surface area contributed by atoms with Crippen LogP contribution >= 0.6 is 11.8 Å². The molecule has 0 aliphatic rings. The molecular weight excluding hydrogens is 170 g/mol. The first-order chi connectivity index (χ1) is 5.54. The molecule has 0 aliphatic heterocycles. The van der Waals surface area contributed by atoms with Crippen LogP contribution in [0.2, 0.25) is 0 Å². The molecule has 6 heteroatoms. The van der Waals surface area contributed by atoms with Crippen LogP contribution in [0.25, 0.3) is 0 Å². The van der Waals surface area contributed by atoms with Gasteiger partial charge < -0.3 is 5.11 Å². The lowest BCUT2D eigenvalue weighted by atomic mass is 9.62. The zero-order chi connectivity index (χ0) is 9.19. The number of aromatic nitrogens is 2. The minimum absolute atomic E-state index is 0.292. The average molecular weight is 176 g/mol. The van der Waals surface area contributed by atoms with Crippen molar-refractivity contribution in [2.45, 2.75) is 10.6 Å². The minimum atomic E-state index is -1.85. The van der Waals surface area contributed by atoms with E-state index in [1.165, 1.54) is 24.2 Å². The fourth-order valence-electron chi connectivity index (χ4n) is 0.628. The predicted octanol–water partition coefficient (Wildman–Crippen LogP) is -0.362. The number of hydrogen-bond donors (Lipinski definition) is 1. The average Bonchev–Trinajstić information content (AvgIpc) is 2.03. The molecule has 0 bridgehead atoms. The number of thioether (sulfide) groups is 1. The highest BCUT2D eigenvalue weighted by Gasteiger charge is 2.15. The Morgan fingerprint density at radius 3 is 2.25 bits per heavy atom. The van der Waals surface area contributed by atoms with Gasteiger partial charge in [-0.05, 0) is 6.26 Å². The third-order valence-electron chi connectivity index (χ3n) is 1.27. The monoisotopic (exact) mass is 176 g/mol. The van der Waals surface area contributed by atoms with Gasteiger partial charge in [0.15, 0.2) is 5.16 Å². The topological polar surface area (TPSA) is 46.0 Å². The third-order valence-corrected chi connectivity index (χ3v) is 1.85. The first-order valence-electron chi connectivity index (χ1n) is 3.20. The zero-order valence-corrected chi connectivity index (χ0v) is 7.38. The highest BCUT2D eigenvalue weighted by atomic mass is 32.2. The summed E-state index contributed by atoms with van der Waals surface area (Å²) in [6.07, 6.45) is 4.66. The Hall–Kier alpha value is -0.480. The lowest BCUT2D eigenvalue weighted by Gasteiger charge is -2.17. The Balaban J connectivity index is 2.93. The fraction of sp³-hybridized carbons (Fsp3) is 0.333. The molecule has 0 saturated heterocycles. The van der Waals surface area contributed by atoms with Gasteiger partial charge in [0.2, 0.25) is 0 Å². The SMILES string of the molecule is [B]C([B])(O)c1cnc(SC)nc1. The highest BCUT2D eigenvalue weighted by Crippen LogP contribution is 2.13. The van der Waals surface area contributed by atoms with Crippen molar-refractivity contribution in [2.24, 2.45) is 0 Å². The molecule has 0 aliphatic carbocycles. The molecule has 0 unspecified atom stereocenters. The molecule has 1 rings (SSSR count). The van der Waals surface area contributed by atoms with Gasteiger partial charge in [0.1, 0.15) is 15.7 Å². The van der Waals surface area contributed by atoms with Crippen LogP contribution in [0.15, 0.2) is 17.6 Å². The van der Waals surface area contributed by atoms with E-state index in [2.05, 4.69) is 9.97 Å². The Kier molecular flexibility index (Phi) is 2.80. The Morgan fingerprint density at radius 1 is 1.42 bits per heavy atom. The summed E-state index contributed by atoms with van der Waals surface area (Å²) in [6, 6.07) is 0. The van der Waals surface area contributed by atoms with E-state index in [9.17, 15) is 0 Å². The Morgan fingerprint density at radius 2 is 1.92 bits per heavy atom. The fourth-order valence-corrected chi connectivity index (χ4v) is 0.945. The number of nitrogens with zero attached hydrogens (tertiary/aromatic N) is 2. The lowest BCUT2D eigenvalue weighted by molar-refractivity contribution is 0.215. The van der Waals surface area contributed by atoms with Crippen molar-refractivity contribution in [3.8, 4) is 0 Å². The van der Waals surface area contributed by atoms with Gasteiger partial charge in [-0.1, -0.05) is 11.8 Å². The van der Waals surface area contributed by atoms with E-state index in [1.807, 2.05) is 6.26 Å².